The van der Waals surface area contributed by atoms with Gasteiger partial charge in [0, 0.05) is 12.3 Å². The van der Waals surface area contributed by atoms with Crippen molar-refractivity contribution < 1.29 is 9.53 Å². The molecule has 118 valence electrons. The summed E-state index contributed by atoms with van der Waals surface area (Å²) in [6.07, 6.45) is 0. The van der Waals surface area contributed by atoms with E-state index in [9.17, 15) is 4.79 Å². The van der Waals surface area contributed by atoms with Crippen molar-refractivity contribution >= 4 is 34.2 Å². The van der Waals surface area contributed by atoms with Gasteiger partial charge in [-0.3, -0.25) is 0 Å². The van der Waals surface area contributed by atoms with Gasteiger partial charge in [-0.25, -0.2) is 4.79 Å². The van der Waals surface area contributed by atoms with Gasteiger partial charge in [0.05, 0.1) is 12.7 Å². The average molecular weight is 337 g/mol. The first-order valence-electron chi connectivity index (χ1n) is 6.96. The average Bonchev–Trinajstić information content (AvgIpc) is 2.98. The molecule has 0 unspecified atom stereocenters. The van der Waals surface area contributed by atoms with E-state index in [2.05, 4.69) is 34.1 Å². The molecule has 0 aliphatic carbocycles. The number of ether oxygens (including phenoxy) is 1. The summed E-state index contributed by atoms with van der Waals surface area (Å²) in [4.78, 5) is 11.4. The number of nitrogens with zero attached hydrogens (tertiary/aromatic N) is 2. The molecule has 2 rings (SSSR count). The lowest BCUT2D eigenvalue weighted by atomic mass is 10.1. The third-order valence-electron chi connectivity index (χ3n) is 2.81. The first-order chi connectivity index (χ1) is 10.6. The normalized spacial score (nSPS) is 10.7. The lowest BCUT2D eigenvalue weighted by Gasteiger charge is -2.03. The Kier molecular flexibility index (Phi) is 6.21. The summed E-state index contributed by atoms with van der Waals surface area (Å²) < 4.78 is 5.61. The van der Waals surface area contributed by atoms with E-state index in [4.69, 9.17) is 0 Å². The van der Waals surface area contributed by atoms with Crippen LogP contribution >= 0.6 is 23.1 Å². The van der Waals surface area contributed by atoms with E-state index >= 15 is 0 Å². The van der Waals surface area contributed by atoms with Crippen LogP contribution in [0.2, 0.25) is 0 Å². The molecule has 5 nitrogen and oxygen atoms in total. The third kappa shape index (κ3) is 4.99. The van der Waals surface area contributed by atoms with Crippen molar-refractivity contribution in [2.45, 2.75) is 23.9 Å². The van der Waals surface area contributed by atoms with Crippen LogP contribution in [0.3, 0.4) is 0 Å². The minimum Gasteiger partial charge on any atom is -0.465 e. The number of carbonyl (C=O) groups excluding carboxylic acids is 1. The van der Waals surface area contributed by atoms with Crippen LogP contribution in [0.4, 0.5) is 5.13 Å². The number of anilines is 1. The molecule has 0 bridgehead atoms. The predicted octanol–water partition coefficient (Wildman–Crippen LogP) is 3.68. The number of aromatic nitrogens is 2. The Morgan fingerprint density at radius 1 is 1.32 bits per heavy atom. The van der Waals surface area contributed by atoms with Crippen molar-refractivity contribution in [2.75, 3.05) is 19.0 Å². The van der Waals surface area contributed by atoms with Gasteiger partial charge < -0.3 is 10.1 Å². The summed E-state index contributed by atoms with van der Waals surface area (Å²) in [5.41, 5.74) is 1.69. The molecule has 1 aromatic carbocycles. The summed E-state index contributed by atoms with van der Waals surface area (Å²) in [5.74, 6) is 1.05. The van der Waals surface area contributed by atoms with Crippen LogP contribution in [0.5, 0.6) is 0 Å². The van der Waals surface area contributed by atoms with Crippen molar-refractivity contribution in [1.29, 1.82) is 0 Å². The highest BCUT2D eigenvalue weighted by atomic mass is 32.2. The van der Waals surface area contributed by atoms with E-state index in [1.165, 1.54) is 7.11 Å². The van der Waals surface area contributed by atoms with E-state index in [0.717, 1.165) is 27.3 Å². The Balaban J connectivity index is 1.86. The topological polar surface area (TPSA) is 64.1 Å². The number of methoxy groups -OCH3 is 1. The molecule has 0 spiro atoms. The van der Waals surface area contributed by atoms with Crippen LogP contribution in [0.1, 0.15) is 29.8 Å². The zero-order valence-corrected chi connectivity index (χ0v) is 14.5. The molecule has 1 aromatic heterocycles. The highest BCUT2D eigenvalue weighted by molar-refractivity contribution is 8.00. The van der Waals surface area contributed by atoms with Crippen LogP contribution in [-0.2, 0) is 10.5 Å². The Bertz CT molecular complexity index is 612. The molecule has 2 aromatic rings. The van der Waals surface area contributed by atoms with Gasteiger partial charge in [-0.05, 0) is 23.6 Å². The van der Waals surface area contributed by atoms with Crippen LogP contribution in [-0.4, -0.2) is 29.8 Å². The molecular formula is C15H19N3O2S2. The molecule has 1 heterocycles. The van der Waals surface area contributed by atoms with Gasteiger partial charge in [0.15, 0.2) is 4.34 Å². The van der Waals surface area contributed by atoms with Crippen molar-refractivity contribution in [2.24, 2.45) is 5.92 Å². The van der Waals surface area contributed by atoms with E-state index in [1.807, 2.05) is 12.1 Å². The molecule has 0 fully saturated rings. The van der Waals surface area contributed by atoms with Crippen molar-refractivity contribution in [3.8, 4) is 0 Å². The van der Waals surface area contributed by atoms with Gasteiger partial charge >= 0.3 is 5.97 Å². The second-order valence-corrected chi connectivity index (χ2v) is 7.33. The number of thioether (sulfide) groups is 1. The summed E-state index contributed by atoms with van der Waals surface area (Å²) in [5, 5.41) is 12.4. The highest BCUT2D eigenvalue weighted by Gasteiger charge is 2.07. The van der Waals surface area contributed by atoms with Crippen LogP contribution < -0.4 is 5.32 Å². The molecule has 7 heteroatoms. The van der Waals surface area contributed by atoms with Crippen LogP contribution in [0.15, 0.2) is 28.6 Å². The maximum atomic E-state index is 11.4. The fraction of sp³-hybridized carbons (Fsp3) is 0.400. The van der Waals surface area contributed by atoms with Gasteiger partial charge in [0.2, 0.25) is 5.13 Å². The van der Waals surface area contributed by atoms with Gasteiger partial charge in [0.25, 0.3) is 0 Å². The largest absolute Gasteiger partial charge is 0.465 e. The fourth-order valence-electron chi connectivity index (χ4n) is 1.63. The number of nitrogens with one attached hydrogen (secondary N) is 1. The second kappa shape index (κ2) is 8.14. The summed E-state index contributed by atoms with van der Waals surface area (Å²) >= 11 is 3.20. The molecule has 0 atom stereocenters. The molecular weight excluding hydrogens is 318 g/mol. The predicted molar refractivity (Wildman–Crippen MR) is 90.6 cm³/mol. The van der Waals surface area contributed by atoms with Crippen molar-refractivity contribution in [3.63, 3.8) is 0 Å². The molecule has 0 saturated carbocycles. The van der Waals surface area contributed by atoms with E-state index in [-0.39, 0.29) is 5.97 Å². The fourth-order valence-corrected chi connectivity index (χ4v) is 3.35. The van der Waals surface area contributed by atoms with Crippen LogP contribution in [0, 0.1) is 5.92 Å². The standard InChI is InChI=1S/C15H19N3O2S2/c1-10(2)8-16-14-17-18-15(22-14)21-9-11-4-6-12(7-5-11)13(19)20-3/h4-7,10H,8-9H2,1-3H3,(H,16,17). The number of hydrogen-bond donors (Lipinski definition) is 1. The SMILES string of the molecule is COC(=O)c1ccc(CSc2nnc(NCC(C)C)s2)cc1. The third-order valence-corrected chi connectivity index (χ3v) is 4.89. The Morgan fingerprint density at radius 2 is 2.05 bits per heavy atom. The maximum absolute atomic E-state index is 11.4. The number of benzene rings is 1. The quantitative estimate of drug-likeness (QED) is 0.614. The molecule has 22 heavy (non-hydrogen) atoms. The summed E-state index contributed by atoms with van der Waals surface area (Å²) in [7, 11) is 1.38. The molecule has 0 aliphatic heterocycles. The van der Waals surface area contributed by atoms with E-state index in [1.54, 1.807) is 35.2 Å². The molecule has 0 saturated heterocycles. The lowest BCUT2D eigenvalue weighted by molar-refractivity contribution is 0.0600. The van der Waals surface area contributed by atoms with Crippen LogP contribution in [0.25, 0.3) is 0 Å². The smallest absolute Gasteiger partial charge is 0.337 e. The van der Waals surface area contributed by atoms with Gasteiger partial charge in [0.1, 0.15) is 0 Å². The number of carbonyl (C=O) groups is 1. The van der Waals surface area contributed by atoms with Gasteiger partial charge in [-0.1, -0.05) is 49.1 Å². The number of esters is 1. The Hall–Kier alpha value is -1.60. The number of hydrogen-bond acceptors (Lipinski definition) is 7. The first kappa shape index (κ1) is 16.8. The van der Waals surface area contributed by atoms with Gasteiger partial charge in [-0.2, -0.15) is 0 Å². The monoisotopic (exact) mass is 337 g/mol. The lowest BCUT2D eigenvalue weighted by Crippen LogP contribution is -2.07. The highest BCUT2D eigenvalue weighted by Crippen LogP contribution is 2.28. The molecule has 0 amide bonds. The summed E-state index contributed by atoms with van der Waals surface area (Å²) in [6, 6.07) is 7.41. The Morgan fingerprint density at radius 3 is 2.68 bits per heavy atom. The minimum absolute atomic E-state index is 0.316. The van der Waals surface area contributed by atoms with Crippen molar-refractivity contribution in [1.82, 2.24) is 10.2 Å². The molecule has 1 N–H and O–H groups in total. The maximum Gasteiger partial charge on any atom is 0.337 e. The second-order valence-electron chi connectivity index (χ2n) is 5.13. The van der Waals surface area contributed by atoms with E-state index in [0.29, 0.717) is 11.5 Å². The van der Waals surface area contributed by atoms with E-state index < -0.39 is 0 Å². The zero-order chi connectivity index (χ0) is 15.9. The summed E-state index contributed by atoms with van der Waals surface area (Å²) in [6.45, 7) is 5.21. The molecule has 0 aliphatic rings. The number of rotatable bonds is 7. The van der Waals surface area contributed by atoms with Gasteiger partial charge in [-0.15, -0.1) is 10.2 Å². The zero-order valence-electron chi connectivity index (χ0n) is 12.8. The molecule has 0 radical (unpaired) electrons. The van der Waals surface area contributed by atoms with Crippen molar-refractivity contribution in [3.05, 3.63) is 35.4 Å². The Labute approximate surface area is 138 Å². The minimum atomic E-state index is -0.316. The first-order valence-corrected chi connectivity index (χ1v) is 8.76.